The summed E-state index contributed by atoms with van der Waals surface area (Å²) in [6.07, 6.45) is 4.58. The third-order valence-electron chi connectivity index (χ3n) is 4.42. The number of aryl methyl sites for hydroxylation is 1. The number of halogens is 1. The van der Waals surface area contributed by atoms with Crippen LogP contribution in [0.2, 0.25) is 0 Å². The number of hydrogen-bond donors (Lipinski definition) is 1. The molecule has 0 unspecified atom stereocenters. The SMILES string of the molecule is Cc1ccc(NC(=O)[C@H]2[C@@H](C(=O)[O-])[C@H]3C=C[C@H]2C3)c(Br)c1. The average Bonchev–Trinajstić information content (AvgIpc) is 3.02. The maximum absolute atomic E-state index is 12.5. The minimum atomic E-state index is -1.13. The lowest BCUT2D eigenvalue weighted by Gasteiger charge is -2.28. The number of hydrogen-bond acceptors (Lipinski definition) is 3. The van der Waals surface area contributed by atoms with Crippen molar-refractivity contribution < 1.29 is 14.7 Å². The first kappa shape index (κ1) is 14.3. The molecule has 21 heavy (non-hydrogen) atoms. The molecule has 0 radical (unpaired) electrons. The number of nitrogens with one attached hydrogen (secondary N) is 1. The first-order valence-corrected chi connectivity index (χ1v) is 7.73. The van der Waals surface area contributed by atoms with Gasteiger partial charge in [0, 0.05) is 16.4 Å². The predicted molar refractivity (Wildman–Crippen MR) is 80.2 cm³/mol. The van der Waals surface area contributed by atoms with Gasteiger partial charge >= 0.3 is 0 Å². The van der Waals surface area contributed by atoms with Crippen LogP contribution in [0, 0.1) is 30.6 Å². The number of benzene rings is 1. The maximum Gasteiger partial charge on any atom is 0.228 e. The van der Waals surface area contributed by atoms with Crippen molar-refractivity contribution >= 4 is 33.5 Å². The van der Waals surface area contributed by atoms with Gasteiger partial charge in [0.05, 0.1) is 11.6 Å². The number of carbonyl (C=O) groups excluding carboxylic acids is 2. The molecule has 1 saturated carbocycles. The molecule has 4 atom stereocenters. The molecule has 1 N–H and O–H groups in total. The van der Waals surface area contributed by atoms with Crippen LogP contribution in [-0.4, -0.2) is 11.9 Å². The zero-order valence-electron chi connectivity index (χ0n) is 11.5. The lowest BCUT2D eigenvalue weighted by atomic mass is 9.82. The second kappa shape index (κ2) is 5.30. The highest BCUT2D eigenvalue weighted by molar-refractivity contribution is 9.10. The van der Waals surface area contributed by atoms with E-state index >= 15 is 0 Å². The van der Waals surface area contributed by atoms with Crippen LogP contribution >= 0.6 is 15.9 Å². The van der Waals surface area contributed by atoms with Gasteiger partial charge in [0.2, 0.25) is 5.91 Å². The van der Waals surface area contributed by atoms with Crippen LogP contribution in [0.15, 0.2) is 34.8 Å². The summed E-state index contributed by atoms with van der Waals surface area (Å²) in [5.41, 5.74) is 1.74. The van der Waals surface area contributed by atoms with Gasteiger partial charge in [-0.3, -0.25) is 4.79 Å². The number of fused-ring (bicyclic) bond motifs is 2. The molecule has 2 aliphatic carbocycles. The van der Waals surface area contributed by atoms with E-state index in [1.165, 1.54) is 0 Å². The molecule has 0 spiro atoms. The normalized spacial score (nSPS) is 29.6. The van der Waals surface area contributed by atoms with Gasteiger partial charge in [0.15, 0.2) is 0 Å². The standard InChI is InChI=1S/C16H16BrNO3/c1-8-2-5-12(11(17)6-8)18-15(19)13-9-3-4-10(7-9)14(13)16(20)21/h2-6,9-10,13-14H,7H2,1H3,(H,18,19)(H,20,21)/p-1/t9-,10-,13+,14-/m0/s1. The molecular weight excluding hydrogens is 334 g/mol. The molecule has 0 heterocycles. The van der Waals surface area contributed by atoms with Crippen molar-refractivity contribution in [1.29, 1.82) is 0 Å². The van der Waals surface area contributed by atoms with Crippen molar-refractivity contribution in [3.05, 3.63) is 40.4 Å². The number of anilines is 1. The summed E-state index contributed by atoms with van der Waals surface area (Å²) in [7, 11) is 0. The molecule has 3 rings (SSSR count). The summed E-state index contributed by atoms with van der Waals surface area (Å²) < 4.78 is 0.791. The zero-order valence-corrected chi connectivity index (χ0v) is 13.1. The Hall–Kier alpha value is -1.62. The average molecular weight is 349 g/mol. The summed E-state index contributed by atoms with van der Waals surface area (Å²) in [5, 5.41) is 14.2. The lowest BCUT2D eigenvalue weighted by molar-refractivity contribution is -0.313. The highest BCUT2D eigenvalue weighted by Gasteiger charge is 2.48. The quantitative estimate of drug-likeness (QED) is 0.848. The van der Waals surface area contributed by atoms with E-state index in [1.54, 1.807) is 0 Å². The fraction of sp³-hybridized carbons (Fsp3) is 0.375. The van der Waals surface area contributed by atoms with Gasteiger partial charge in [-0.05, 0) is 58.8 Å². The van der Waals surface area contributed by atoms with Crippen LogP contribution < -0.4 is 10.4 Å². The number of rotatable bonds is 3. The number of carboxylic acids is 1. The van der Waals surface area contributed by atoms with Gasteiger partial charge in [-0.1, -0.05) is 18.2 Å². The first-order chi connectivity index (χ1) is 9.97. The van der Waals surface area contributed by atoms with Gasteiger partial charge < -0.3 is 15.2 Å². The van der Waals surface area contributed by atoms with Gasteiger partial charge in [0.1, 0.15) is 0 Å². The Morgan fingerprint density at radius 3 is 2.52 bits per heavy atom. The van der Waals surface area contributed by atoms with E-state index in [2.05, 4.69) is 21.2 Å². The summed E-state index contributed by atoms with van der Waals surface area (Å²) in [5.74, 6) is -2.71. The number of allylic oxidation sites excluding steroid dienone is 2. The Labute approximate surface area is 131 Å². The van der Waals surface area contributed by atoms with Gasteiger partial charge in [-0.2, -0.15) is 0 Å². The first-order valence-electron chi connectivity index (χ1n) is 6.93. The second-order valence-electron chi connectivity index (χ2n) is 5.79. The summed E-state index contributed by atoms with van der Waals surface area (Å²) in [6.45, 7) is 1.96. The molecule has 1 aromatic rings. The fourth-order valence-electron chi connectivity index (χ4n) is 3.44. The Kier molecular flexibility index (Phi) is 3.61. The molecule has 110 valence electrons. The van der Waals surface area contributed by atoms with Gasteiger partial charge in [-0.25, -0.2) is 0 Å². The Morgan fingerprint density at radius 2 is 1.90 bits per heavy atom. The predicted octanol–water partition coefficient (Wildman–Crippen LogP) is 1.88. The number of carbonyl (C=O) groups is 2. The highest BCUT2D eigenvalue weighted by Crippen LogP contribution is 2.48. The largest absolute Gasteiger partial charge is 0.550 e. The molecule has 5 heteroatoms. The van der Waals surface area contributed by atoms with Crippen molar-refractivity contribution in [2.75, 3.05) is 5.32 Å². The number of aliphatic carboxylic acids is 1. The highest BCUT2D eigenvalue weighted by atomic mass is 79.9. The number of carboxylic acid groups (broad SMARTS) is 1. The minimum absolute atomic E-state index is 0.00197. The monoisotopic (exact) mass is 348 g/mol. The van der Waals surface area contributed by atoms with E-state index in [9.17, 15) is 14.7 Å². The molecule has 0 aliphatic heterocycles. The van der Waals surface area contributed by atoms with E-state index in [0.717, 1.165) is 16.5 Å². The second-order valence-corrected chi connectivity index (χ2v) is 6.65. The van der Waals surface area contributed by atoms with Crippen LogP contribution in [0.5, 0.6) is 0 Å². The zero-order chi connectivity index (χ0) is 15.1. The molecule has 0 saturated heterocycles. The van der Waals surface area contributed by atoms with E-state index in [1.807, 2.05) is 37.3 Å². The van der Waals surface area contributed by atoms with Gasteiger partial charge in [0.25, 0.3) is 0 Å². The van der Waals surface area contributed by atoms with Crippen LogP contribution in [0.4, 0.5) is 5.69 Å². The van der Waals surface area contributed by atoms with Gasteiger partial charge in [-0.15, -0.1) is 0 Å². The minimum Gasteiger partial charge on any atom is -0.550 e. The fourth-order valence-corrected chi connectivity index (χ4v) is 4.03. The topological polar surface area (TPSA) is 69.2 Å². The number of amides is 1. The summed E-state index contributed by atoms with van der Waals surface area (Å²) in [6, 6.07) is 5.62. The Balaban J connectivity index is 1.82. The van der Waals surface area contributed by atoms with Crippen LogP contribution in [0.3, 0.4) is 0 Å². The van der Waals surface area contributed by atoms with Crippen LogP contribution in [0.25, 0.3) is 0 Å². The molecule has 1 fully saturated rings. The smallest absolute Gasteiger partial charge is 0.228 e. The summed E-state index contributed by atoms with van der Waals surface area (Å²) >= 11 is 3.41. The molecule has 2 aliphatic rings. The van der Waals surface area contributed by atoms with Crippen LogP contribution in [-0.2, 0) is 9.59 Å². The Morgan fingerprint density at radius 1 is 1.24 bits per heavy atom. The molecule has 2 bridgehead atoms. The van der Waals surface area contributed by atoms with E-state index in [-0.39, 0.29) is 17.7 Å². The molecule has 0 aromatic heterocycles. The Bertz CT molecular complexity index is 640. The van der Waals surface area contributed by atoms with E-state index < -0.39 is 17.8 Å². The molecule has 1 amide bonds. The van der Waals surface area contributed by atoms with Crippen molar-refractivity contribution in [3.8, 4) is 0 Å². The van der Waals surface area contributed by atoms with Crippen molar-refractivity contribution in [3.63, 3.8) is 0 Å². The van der Waals surface area contributed by atoms with Crippen LogP contribution in [0.1, 0.15) is 12.0 Å². The van der Waals surface area contributed by atoms with Crippen molar-refractivity contribution in [2.45, 2.75) is 13.3 Å². The van der Waals surface area contributed by atoms with Crippen molar-refractivity contribution in [2.24, 2.45) is 23.7 Å². The summed E-state index contributed by atoms with van der Waals surface area (Å²) in [4.78, 5) is 23.8. The third kappa shape index (κ3) is 2.50. The van der Waals surface area contributed by atoms with E-state index in [0.29, 0.717) is 5.69 Å². The molecular formula is C16H15BrNO3-. The lowest BCUT2D eigenvalue weighted by Crippen LogP contribution is -2.42. The van der Waals surface area contributed by atoms with Crippen molar-refractivity contribution in [1.82, 2.24) is 0 Å². The molecule has 1 aromatic carbocycles. The third-order valence-corrected chi connectivity index (χ3v) is 5.07. The molecule has 4 nitrogen and oxygen atoms in total. The maximum atomic E-state index is 12.5. The van der Waals surface area contributed by atoms with E-state index in [4.69, 9.17) is 0 Å².